The molecule has 0 saturated heterocycles. The van der Waals surface area contributed by atoms with E-state index in [4.69, 9.17) is 0 Å². The first-order valence-corrected chi connectivity index (χ1v) is 15.8. The molecule has 0 bridgehead atoms. The maximum atomic E-state index is 11.5. The zero-order valence-corrected chi connectivity index (χ0v) is 24.9. The van der Waals surface area contributed by atoms with Gasteiger partial charge in [0.05, 0.1) is 0 Å². The van der Waals surface area contributed by atoms with Crippen molar-refractivity contribution >= 4 is 11.4 Å². The molecule has 0 saturated carbocycles. The van der Waals surface area contributed by atoms with E-state index in [-0.39, 0.29) is 0 Å². The number of rotatable bonds is 11. The molecule has 1 aliphatic heterocycles. The molecule has 0 spiro atoms. The Labute approximate surface area is 233 Å². The molecular formula is C34H46N2Ni. The molecular weight excluding hydrogens is 495 g/mol. The maximum absolute atomic E-state index is 11.5. The Morgan fingerprint density at radius 1 is 0.757 bits per heavy atom. The molecule has 1 heterocycles. The molecule has 0 aromatic heterocycles. The van der Waals surface area contributed by atoms with Crippen molar-refractivity contribution in [3.63, 3.8) is 0 Å². The van der Waals surface area contributed by atoms with Crippen LogP contribution in [0.3, 0.4) is 0 Å². The standard InChI is InChI=1S/C32H40N2.2CH3.Ni/c1-5-8-11-13-22-30-25(4)31(28-20-14-19-27(23-28)17-12-9-6-2)34(33)32(30)29-21-15-18-26(24-29)16-10-7-3;;;/h14-15,18-21,23-24H,5-12,16-17H2,1-4H3;2*1H3;. The molecule has 0 unspecified atom stereocenters. The third-order valence-corrected chi connectivity index (χ3v) is 6.55. The van der Waals surface area contributed by atoms with Gasteiger partial charge in [0, 0.05) is 23.1 Å². The van der Waals surface area contributed by atoms with Gasteiger partial charge in [0.2, 0.25) is 11.4 Å². The van der Waals surface area contributed by atoms with Crippen LogP contribution >= 0.6 is 0 Å². The second-order valence-corrected chi connectivity index (χ2v) is 10.7. The summed E-state index contributed by atoms with van der Waals surface area (Å²) in [5, 5.41) is 0. The summed E-state index contributed by atoms with van der Waals surface area (Å²) in [7, 11) is 0. The third-order valence-electron chi connectivity index (χ3n) is 6.55. The molecule has 202 valence electrons. The molecule has 0 aliphatic carbocycles. The van der Waals surface area contributed by atoms with Crippen molar-refractivity contribution in [2.24, 2.45) is 0 Å². The van der Waals surface area contributed by atoms with Gasteiger partial charge in [0.1, 0.15) is 5.57 Å². The van der Waals surface area contributed by atoms with Crippen LogP contribution in [0.25, 0.3) is 16.9 Å². The summed E-state index contributed by atoms with van der Waals surface area (Å²) in [6.45, 7) is 8.75. The first-order valence-electron chi connectivity index (χ1n) is 13.9. The van der Waals surface area contributed by atoms with Crippen LogP contribution < -0.4 is 0 Å². The Morgan fingerprint density at radius 2 is 1.30 bits per heavy atom. The molecule has 0 N–H and O–H groups in total. The predicted molar refractivity (Wildman–Crippen MR) is 157 cm³/mol. The van der Waals surface area contributed by atoms with Crippen molar-refractivity contribution in [2.45, 2.75) is 104 Å². The van der Waals surface area contributed by atoms with Gasteiger partial charge in [0.15, 0.2) is 0 Å². The summed E-state index contributed by atoms with van der Waals surface area (Å²) < 4.78 is 1.39. The van der Waals surface area contributed by atoms with Gasteiger partial charge in [0.25, 0.3) is 0 Å². The SMILES string of the molecule is CCCCC#CC1=C(c2cccc(CCCC)c2)[N+](=[N-])C(c2cccc(CCCCC)c2)=C1C.[CH3][Ni][CH3]. The molecule has 0 amide bonds. The van der Waals surface area contributed by atoms with Crippen molar-refractivity contribution in [3.8, 4) is 11.8 Å². The Kier molecular flexibility index (Phi) is 14.3. The molecule has 0 radical (unpaired) electrons. The van der Waals surface area contributed by atoms with Gasteiger partial charge in [-0.05, 0) is 74.4 Å². The monoisotopic (exact) mass is 540 g/mol. The summed E-state index contributed by atoms with van der Waals surface area (Å²) in [5.41, 5.74) is 19.9. The Balaban J connectivity index is 0.00000153. The van der Waals surface area contributed by atoms with E-state index < -0.39 is 0 Å². The molecule has 3 heteroatoms. The summed E-state index contributed by atoms with van der Waals surface area (Å²) in [5.74, 6) is 10.9. The van der Waals surface area contributed by atoms with E-state index in [2.05, 4.69) is 99.9 Å². The topological polar surface area (TPSA) is 25.3 Å². The molecule has 2 aromatic rings. The summed E-state index contributed by atoms with van der Waals surface area (Å²) in [6, 6.07) is 17.3. The van der Waals surface area contributed by atoms with Crippen LogP contribution in [0.2, 0.25) is 11.8 Å². The van der Waals surface area contributed by atoms with Crippen LogP contribution in [0.15, 0.2) is 59.7 Å². The first-order chi connectivity index (χ1) is 18.0. The van der Waals surface area contributed by atoms with Crippen LogP contribution in [-0.2, 0) is 27.3 Å². The molecule has 0 atom stereocenters. The number of hydrogen-bond donors (Lipinski definition) is 0. The van der Waals surface area contributed by atoms with Crippen LogP contribution in [0.1, 0.15) is 101 Å². The fourth-order valence-corrected chi connectivity index (χ4v) is 4.56. The van der Waals surface area contributed by atoms with Gasteiger partial charge < -0.3 is 5.53 Å². The van der Waals surface area contributed by atoms with Gasteiger partial charge in [-0.2, -0.15) is 0 Å². The number of allylic oxidation sites excluding steroid dienone is 2. The summed E-state index contributed by atoms with van der Waals surface area (Å²) in [6.07, 6.45) is 11.2. The summed E-state index contributed by atoms with van der Waals surface area (Å²) >= 11 is 1.62. The van der Waals surface area contributed by atoms with Crippen LogP contribution in [0, 0.1) is 11.8 Å². The number of unbranched alkanes of at least 4 members (excludes halogenated alkanes) is 5. The van der Waals surface area contributed by atoms with Crippen molar-refractivity contribution in [3.05, 3.63) is 87.5 Å². The van der Waals surface area contributed by atoms with E-state index in [0.29, 0.717) is 0 Å². The second-order valence-electron chi connectivity index (χ2n) is 9.69. The van der Waals surface area contributed by atoms with Crippen LogP contribution in [0.4, 0.5) is 0 Å². The van der Waals surface area contributed by atoms with E-state index in [1.165, 1.54) is 47.9 Å². The van der Waals surface area contributed by atoms with Crippen molar-refractivity contribution in [2.75, 3.05) is 0 Å². The van der Waals surface area contributed by atoms with Gasteiger partial charge in [-0.25, -0.2) is 4.70 Å². The van der Waals surface area contributed by atoms with Crippen LogP contribution in [-0.4, -0.2) is 4.70 Å². The van der Waals surface area contributed by atoms with E-state index in [9.17, 15) is 5.53 Å². The van der Waals surface area contributed by atoms with Crippen molar-refractivity contribution in [1.29, 1.82) is 0 Å². The molecule has 2 aromatic carbocycles. The van der Waals surface area contributed by atoms with Crippen LogP contribution in [0.5, 0.6) is 0 Å². The minimum absolute atomic E-state index is 0.811. The number of hydrogen-bond acceptors (Lipinski definition) is 0. The van der Waals surface area contributed by atoms with E-state index in [1.807, 2.05) is 0 Å². The first kappa shape index (κ1) is 30.8. The second kappa shape index (κ2) is 17.2. The third kappa shape index (κ3) is 9.12. The molecule has 1 aliphatic rings. The van der Waals surface area contributed by atoms with Gasteiger partial charge >= 0.3 is 26.2 Å². The Hall–Kier alpha value is -2.43. The van der Waals surface area contributed by atoms with E-state index in [0.717, 1.165) is 65.8 Å². The predicted octanol–water partition coefficient (Wildman–Crippen LogP) is 10.3. The zero-order valence-electron chi connectivity index (χ0n) is 23.9. The van der Waals surface area contributed by atoms with Crippen molar-refractivity contribution in [1.82, 2.24) is 0 Å². The fraction of sp³-hybridized carbons (Fsp3) is 0.471. The van der Waals surface area contributed by atoms with Gasteiger partial charge in [-0.15, -0.1) is 0 Å². The Morgan fingerprint density at radius 3 is 1.86 bits per heavy atom. The Bertz CT molecular complexity index is 1140. The number of aryl methyl sites for hydroxylation is 2. The molecule has 2 nitrogen and oxygen atoms in total. The number of benzene rings is 2. The molecule has 0 fully saturated rings. The van der Waals surface area contributed by atoms with Gasteiger partial charge in [-0.1, -0.05) is 82.6 Å². The van der Waals surface area contributed by atoms with Crippen molar-refractivity contribution < 1.29 is 19.1 Å². The summed E-state index contributed by atoms with van der Waals surface area (Å²) in [4.78, 5) is 0. The average molecular weight is 541 g/mol. The fourth-order valence-electron chi connectivity index (χ4n) is 4.56. The quantitative estimate of drug-likeness (QED) is 0.117. The average Bonchev–Trinajstić information content (AvgIpc) is 3.15. The minimum atomic E-state index is 0.811. The molecule has 37 heavy (non-hydrogen) atoms. The zero-order chi connectivity index (χ0) is 27.0. The van der Waals surface area contributed by atoms with E-state index in [1.54, 1.807) is 14.4 Å². The molecule has 3 rings (SSSR count). The normalized spacial score (nSPS) is 13.0. The number of nitrogens with zero attached hydrogens (tertiary/aromatic N) is 2. The van der Waals surface area contributed by atoms with E-state index >= 15 is 0 Å². The van der Waals surface area contributed by atoms with Gasteiger partial charge in [-0.3, -0.25) is 0 Å².